The number of rotatable bonds is 5. The monoisotopic (exact) mass is 196 g/mol. The summed E-state index contributed by atoms with van der Waals surface area (Å²) in [5.74, 6) is 1.71. The van der Waals surface area contributed by atoms with E-state index in [1.54, 1.807) is 6.33 Å². The van der Waals surface area contributed by atoms with Crippen LogP contribution in [0.4, 0.5) is 0 Å². The fourth-order valence-corrected chi connectivity index (χ4v) is 1.57. The highest BCUT2D eigenvalue weighted by Crippen LogP contribution is 2.11. The molecule has 4 heteroatoms. The lowest BCUT2D eigenvalue weighted by Gasteiger charge is -2.21. The highest BCUT2D eigenvalue weighted by Gasteiger charge is 2.16. The molecule has 0 radical (unpaired) electrons. The van der Waals surface area contributed by atoms with Gasteiger partial charge in [-0.25, -0.2) is 4.98 Å². The summed E-state index contributed by atoms with van der Waals surface area (Å²) in [5.41, 5.74) is 0. The van der Waals surface area contributed by atoms with Gasteiger partial charge < -0.3 is 5.32 Å². The number of nitrogens with zero attached hydrogens (tertiary/aromatic N) is 3. The molecule has 0 aliphatic carbocycles. The summed E-state index contributed by atoms with van der Waals surface area (Å²) in [6, 6.07) is 0.489. The maximum Gasteiger partial charge on any atom is 0.138 e. The molecule has 1 aromatic rings. The molecule has 2 atom stereocenters. The third-order valence-corrected chi connectivity index (χ3v) is 2.91. The van der Waals surface area contributed by atoms with E-state index in [0.29, 0.717) is 12.0 Å². The Morgan fingerprint density at radius 2 is 2.29 bits per heavy atom. The molecule has 0 aromatic carbocycles. The highest BCUT2D eigenvalue weighted by molar-refractivity contribution is 4.90. The van der Waals surface area contributed by atoms with Crippen molar-refractivity contribution in [2.24, 2.45) is 13.0 Å². The van der Waals surface area contributed by atoms with E-state index in [0.717, 1.165) is 12.2 Å². The van der Waals surface area contributed by atoms with Gasteiger partial charge in [0.25, 0.3) is 0 Å². The van der Waals surface area contributed by atoms with Crippen LogP contribution in [-0.4, -0.2) is 27.9 Å². The molecule has 0 fully saturated rings. The van der Waals surface area contributed by atoms with Crippen LogP contribution in [0.5, 0.6) is 0 Å². The van der Waals surface area contributed by atoms with Gasteiger partial charge in [-0.1, -0.05) is 20.3 Å². The van der Waals surface area contributed by atoms with E-state index in [1.807, 2.05) is 18.8 Å². The molecule has 14 heavy (non-hydrogen) atoms. The van der Waals surface area contributed by atoms with Crippen molar-refractivity contribution in [2.75, 3.05) is 7.05 Å². The summed E-state index contributed by atoms with van der Waals surface area (Å²) in [6.07, 6.45) is 3.74. The molecular weight excluding hydrogens is 176 g/mol. The number of nitrogens with one attached hydrogen (secondary N) is 1. The van der Waals surface area contributed by atoms with Crippen molar-refractivity contribution in [3.8, 4) is 0 Å². The van der Waals surface area contributed by atoms with Crippen molar-refractivity contribution in [3.63, 3.8) is 0 Å². The van der Waals surface area contributed by atoms with Gasteiger partial charge in [0.1, 0.15) is 12.2 Å². The molecule has 1 heterocycles. The molecule has 1 N–H and O–H groups in total. The third-order valence-electron chi connectivity index (χ3n) is 2.91. The summed E-state index contributed by atoms with van der Waals surface area (Å²) < 4.78 is 1.84. The zero-order chi connectivity index (χ0) is 10.6. The summed E-state index contributed by atoms with van der Waals surface area (Å²) in [4.78, 5) is 4.23. The van der Waals surface area contributed by atoms with Crippen molar-refractivity contribution in [2.45, 2.75) is 32.7 Å². The molecule has 0 aliphatic rings. The van der Waals surface area contributed by atoms with Gasteiger partial charge >= 0.3 is 0 Å². The maximum absolute atomic E-state index is 4.23. The van der Waals surface area contributed by atoms with E-state index in [4.69, 9.17) is 0 Å². The van der Waals surface area contributed by atoms with Gasteiger partial charge in [-0.3, -0.25) is 4.68 Å². The van der Waals surface area contributed by atoms with E-state index in [1.165, 1.54) is 6.42 Å². The van der Waals surface area contributed by atoms with E-state index in [2.05, 4.69) is 29.2 Å². The Bertz CT molecular complexity index is 269. The number of likely N-dealkylation sites (N-methyl/N-ethyl adjacent to an activating group) is 1. The molecule has 0 aliphatic heterocycles. The Balaban J connectivity index is 2.61. The molecule has 0 bridgehead atoms. The van der Waals surface area contributed by atoms with Crippen LogP contribution in [0.25, 0.3) is 0 Å². The van der Waals surface area contributed by atoms with Crippen LogP contribution < -0.4 is 5.32 Å². The first kappa shape index (κ1) is 11.2. The minimum absolute atomic E-state index is 0.489. The smallest absolute Gasteiger partial charge is 0.138 e. The summed E-state index contributed by atoms with van der Waals surface area (Å²) in [5, 5.41) is 7.40. The van der Waals surface area contributed by atoms with Crippen molar-refractivity contribution in [3.05, 3.63) is 12.2 Å². The molecule has 0 spiro atoms. The number of aryl methyl sites for hydroxylation is 1. The standard InChI is InChI=1S/C10H20N4/c1-5-8(2)9(11-3)6-10-12-7-13-14(10)4/h7-9,11H,5-6H2,1-4H3. The maximum atomic E-state index is 4.23. The molecule has 0 amide bonds. The summed E-state index contributed by atoms with van der Waals surface area (Å²) in [6.45, 7) is 4.48. The minimum atomic E-state index is 0.489. The van der Waals surface area contributed by atoms with Crippen LogP contribution in [0.2, 0.25) is 0 Å². The first-order chi connectivity index (χ1) is 6.69. The van der Waals surface area contributed by atoms with Crippen molar-refractivity contribution >= 4 is 0 Å². The molecule has 1 rings (SSSR count). The predicted molar refractivity (Wildman–Crippen MR) is 57.0 cm³/mol. The molecule has 2 unspecified atom stereocenters. The fraction of sp³-hybridized carbons (Fsp3) is 0.800. The number of hydrogen-bond donors (Lipinski definition) is 1. The van der Waals surface area contributed by atoms with Crippen molar-refractivity contribution in [1.82, 2.24) is 20.1 Å². The van der Waals surface area contributed by atoms with E-state index in [-0.39, 0.29) is 0 Å². The lowest BCUT2D eigenvalue weighted by atomic mass is 9.96. The number of aromatic nitrogens is 3. The number of hydrogen-bond acceptors (Lipinski definition) is 3. The van der Waals surface area contributed by atoms with Gasteiger partial charge in [0, 0.05) is 19.5 Å². The van der Waals surface area contributed by atoms with Crippen molar-refractivity contribution in [1.29, 1.82) is 0 Å². The van der Waals surface area contributed by atoms with Gasteiger partial charge in [-0.2, -0.15) is 5.10 Å². The zero-order valence-electron chi connectivity index (χ0n) is 9.49. The fourth-order valence-electron chi connectivity index (χ4n) is 1.57. The zero-order valence-corrected chi connectivity index (χ0v) is 9.49. The SMILES string of the molecule is CCC(C)C(Cc1ncnn1C)NC. The van der Waals surface area contributed by atoms with Gasteiger partial charge in [0.05, 0.1) is 0 Å². The van der Waals surface area contributed by atoms with Gasteiger partial charge in [-0.05, 0) is 13.0 Å². The second kappa shape index (κ2) is 5.10. The van der Waals surface area contributed by atoms with E-state index in [9.17, 15) is 0 Å². The Hall–Kier alpha value is -0.900. The summed E-state index contributed by atoms with van der Waals surface area (Å²) in [7, 11) is 3.94. The first-order valence-electron chi connectivity index (χ1n) is 5.19. The second-order valence-corrected chi connectivity index (χ2v) is 3.78. The van der Waals surface area contributed by atoms with Crippen LogP contribution in [-0.2, 0) is 13.5 Å². The van der Waals surface area contributed by atoms with Crippen LogP contribution in [0, 0.1) is 5.92 Å². The Morgan fingerprint density at radius 3 is 2.71 bits per heavy atom. The Morgan fingerprint density at radius 1 is 1.57 bits per heavy atom. The Kier molecular flexibility index (Phi) is 4.07. The molecule has 0 saturated heterocycles. The molecule has 0 saturated carbocycles. The lowest BCUT2D eigenvalue weighted by molar-refractivity contribution is 0.377. The van der Waals surface area contributed by atoms with E-state index >= 15 is 0 Å². The molecule has 80 valence electrons. The average molecular weight is 196 g/mol. The molecule has 1 aromatic heterocycles. The third kappa shape index (κ3) is 2.54. The highest BCUT2D eigenvalue weighted by atomic mass is 15.3. The van der Waals surface area contributed by atoms with E-state index < -0.39 is 0 Å². The molecular formula is C10H20N4. The van der Waals surface area contributed by atoms with Gasteiger partial charge in [0.15, 0.2) is 0 Å². The molecule has 4 nitrogen and oxygen atoms in total. The first-order valence-corrected chi connectivity index (χ1v) is 5.19. The van der Waals surface area contributed by atoms with Gasteiger partial charge in [-0.15, -0.1) is 0 Å². The van der Waals surface area contributed by atoms with Crippen LogP contribution in [0.3, 0.4) is 0 Å². The normalized spacial score (nSPS) is 15.4. The minimum Gasteiger partial charge on any atom is -0.316 e. The summed E-state index contributed by atoms with van der Waals surface area (Å²) >= 11 is 0. The largest absolute Gasteiger partial charge is 0.316 e. The van der Waals surface area contributed by atoms with Gasteiger partial charge in [0.2, 0.25) is 0 Å². The lowest BCUT2D eigenvalue weighted by Crippen LogP contribution is -2.34. The quantitative estimate of drug-likeness (QED) is 0.763. The van der Waals surface area contributed by atoms with Crippen LogP contribution in [0.1, 0.15) is 26.1 Å². The Labute approximate surface area is 85.7 Å². The predicted octanol–water partition coefficient (Wildman–Crippen LogP) is 0.992. The second-order valence-electron chi connectivity index (χ2n) is 3.78. The van der Waals surface area contributed by atoms with Crippen LogP contribution in [0.15, 0.2) is 6.33 Å². The van der Waals surface area contributed by atoms with Crippen LogP contribution >= 0.6 is 0 Å². The topological polar surface area (TPSA) is 42.7 Å². The van der Waals surface area contributed by atoms with Crippen molar-refractivity contribution < 1.29 is 0 Å². The average Bonchev–Trinajstić information content (AvgIpc) is 2.59.